The van der Waals surface area contributed by atoms with Gasteiger partial charge in [0.25, 0.3) is 0 Å². The summed E-state index contributed by atoms with van der Waals surface area (Å²) in [6.07, 6.45) is 3.34. The Balaban J connectivity index is 0. The fraction of sp³-hybridized carbons (Fsp3) is 0.444. The zero-order valence-electron chi connectivity index (χ0n) is 16.9. The highest BCUT2D eigenvalue weighted by molar-refractivity contribution is 5.90. The monoisotopic (exact) mass is 397 g/mol. The average Bonchev–Trinajstić information content (AvgIpc) is 3.08. The van der Waals surface area contributed by atoms with E-state index in [1.807, 2.05) is 19.0 Å². The Kier molecular flexibility index (Phi) is 14.7. The van der Waals surface area contributed by atoms with Gasteiger partial charge in [-0.1, -0.05) is 13.2 Å². The number of imidazole rings is 1. The number of carboxylic acids is 1. The second-order valence-corrected chi connectivity index (χ2v) is 6.09. The zero-order valence-corrected chi connectivity index (χ0v) is 16.9. The lowest BCUT2D eigenvalue weighted by Gasteiger charge is -2.09. The first-order valence-corrected chi connectivity index (χ1v) is 8.26. The van der Waals surface area contributed by atoms with Crippen LogP contribution < -0.4 is 11.5 Å². The smallest absolute Gasteiger partial charge is 0.333 e. The van der Waals surface area contributed by atoms with E-state index in [1.54, 1.807) is 20.0 Å². The third kappa shape index (κ3) is 16.5. The predicted molar refractivity (Wildman–Crippen MR) is 106 cm³/mol. The van der Waals surface area contributed by atoms with Crippen molar-refractivity contribution in [3.05, 3.63) is 42.5 Å². The summed E-state index contributed by atoms with van der Waals surface area (Å²) in [4.78, 5) is 39.3. The van der Waals surface area contributed by atoms with E-state index in [9.17, 15) is 14.4 Å². The van der Waals surface area contributed by atoms with Gasteiger partial charge in [-0.15, -0.1) is 0 Å². The molecule has 1 heterocycles. The van der Waals surface area contributed by atoms with Crippen molar-refractivity contribution in [3.63, 3.8) is 0 Å². The van der Waals surface area contributed by atoms with Crippen LogP contribution in [0.2, 0.25) is 0 Å². The first-order chi connectivity index (χ1) is 12.9. The molecule has 0 aromatic carbocycles. The summed E-state index contributed by atoms with van der Waals surface area (Å²) >= 11 is 0. The number of H-pyrrole nitrogens is 1. The molecule has 0 saturated heterocycles. The number of primary amides is 1. The van der Waals surface area contributed by atoms with Crippen molar-refractivity contribution in [1.29, 1.82) is 0 Å². The van der Waals surface area contributed by atoms with Crippen LogP contribution in [0.5, 0.6) is 0 Å². The summed E-state index contributed by atoms with van der Waals surface area (Å²) in [6, 6.07) is -0.851. The highest BCUT2D eigenvalue weighted by atomic mass is 16.5. The molecule has 28 heavy (non-hydrogen) atoms. The summed E-state index contributed by atoms with van der Waals surface area (Å²) in [6.45, 7) is 11.1. The van der Waals surface area contributed by atoms with Gasteiger partial charge in [-0.25, -0.2) is 9.78 Å². The average molecular weight is 397 g/mol. The molecule has 0 saturated carbocycles. The molecular formula is C18H31N5O5. The number of nitrogens with two attached hydrogens (primary N) is 2. The summed E-state index contributed by atoms with van der Waals surface area (Å²) in [5, 5.41) is 8.42. The van der Waals surface area contributed by atoms with E-state index in [0.717, 1.165) is 12.2 Å². The van der Waals surface area contributed by atoms with Crippen molar-refractivity contribution in [2.75, 3.05) is 27.2 Å². The van der Waals surface area contributed by atoms with Gasteiger partial charge in [0.1, 0.15) is 12.6 Å². The summed E-state index contributed by atoms with van der Waals surface area (Å²) in [5.41, 5.74) is 11.5. The minimum atomic E-state index is -1.00. The Labute approximate surface area is 165 Å². The van der Waals surface area contributed by atoms with E-state index in [0.29, 0.717) is 17.8 Å². The van der Waals surface area contributed by atoms with Gasteiger partial charge < -0.3 is 31.2 Å². The predicted octanol–water partition coefficient (Wildman–Crippen LogP) is 0.0792. The van der Waals surface area contributed by atoms with Gasteiger partial charge in [-0.05, 0) is 27.9 Å². The molecule has 1 atom stereocenters. The normalized spacial score (nSPS) is 10.5. The highest BCUT2D eigenvalue weighted by Crippen LogP contribution is 1.95. The number of amides is 1. The van der Waals surface area contributed by atoms with E-state index in [-0.39, 0.29) is 12.4 Å². The maximum absolute atomic E-state index is 10.8. The minimum absolute atomic E-state index is 0.287. The molecule has 6 N–H and O–H groups in total. The molecule has 0 radical (unpaired) electrons. The van der Waals surface area contributed by atoms with Crippen molar-refractivity contribution in [3.8, 4) is 0 Å². The SMILES string of the molecule is C=C(C)C(=O)OCCN(C)C.C=C(C)C(N)=O.NC(Cc1cnc[nH]1)C(=O)O. The van der Waals surface area contributed by atoms with Gasteiger partial charge >= 0.3 is 11.9 Å². The Morgan fingerprint density at radius 2 is 1.82 bits per heavy atom. The number of esters is 1. The molecule has 1 aromatic rings. The third-order valence-corrected chi connectivity index (χ3v) is 2.85. The number of rotatable bonds is 8. The van der Waals surface area contributed by atoms with E-state index >= 15 is 0 Å². The topological polar surface area (TPSA) is 165 Å². The summed E-state index contributed by atoms with van der Waals surface area (Å²) in [7, 11) is 3.85. The second kappa shape index (κ2) is 15.1. The quantitative estimate of drug-likeness (QED) is 0.354. The number of aliphatic carboxylic acids is 1. The molecule has 0 fully saturated rings. The van der Waals surface area contributed by atoms with E-state index in [2.05, 4.69) is 23.1 Å². The molecule has 0 aliphatic heterocycles. The van der Waals surface area contributed by atoms with Crippen LogP contribution in [0.15, 0.2) is 36.8 Å². The molecule has 10 nitrogen and oxygen atoms in total. The van der Waals surface area contributed by atoms with Crippen LogP contribution in [0, 0.1) is 0 Å². The number of aromatic nitrogens is 2. The molecule has 0 spiro atoms. The van der Waals surface area contributed by atoms with E-state index in [4.69, 9.17) is 21.3 Å². The largest absolute Gasteiger partial charge is 0.480 e. The molecular weight excluding hydrogens is 366 g/mol. The fourth-order valence-corrected chi connectivity index (χ4v) is 1.16. The van der Waals surface area contributed by atoms with Crippen LogP contribution in [0.4, 0.5) is 0 Å². The van der Waals surface area contributed by atoms with Crippen molar-refractivity contribution in [2.45, 2.75) is 26.3 Å². The number of ether oxygens (including phenoxy) is 1. The number of hydrogen-bond acceptors (Lipinski definition) is 7. The van der Waals surface area contributed by atoms with Gasteiger partial charge in [0.05, 0.1) is 6.33 Å². The molecule has 0 bridgehead atoms. The van der Waals surface area contributed by atoms with Crippen LogP contribution in [-0.2, 0) is 25.5 Å². The molecule has 1 aromatic heterocycles. The lowest BCUT2D eigenvalue weighted by atomic mass is 10.2. The van der Waals surface area contributed by atoms with Gasteiger partial charge in [0.15, 0.2) is 0 Å². The second-order valence-electron chi connectivity index (χ2n) is 6.09. The van der Waals surface area contributed by atoms with Crippen molar-refractivity contribution in [1.82, 2.24) is 14.9 Å². The first kappa shape index (κ1) is 27.2. The first-order valence-electron chi connectivity index (χ1n) is 8.26. The molecule has 0 aliphatic rings. The maximum Gasteiger partial charge on any atom is 0.333 e. The van der Waals surface area contributed by atoms with Crippen molar-refractivity contribution < 1.29 is 24.2 Å². The maximum atomic E-state index is 10.8. The lowest BCUT2D eigenvalue weighted by Crippen LogP contribution is -2.32. The standard InChI is InChI=1S/C8H15NO2.C6H9N3O2.C4H7NO/c1-7(2)8(10)11-6-5-9(3)4;7-5(6(10)11)1-4-2-8-3-9-4;1-3(2)4(5)6/h1,5-6H2,2-4H3;2-3,5H,1,7H2,(H,8,9)(H,10,11);1H2,2H3,(H2,5,6). The number of carbonyl (C=O) groups is 3. The van der Waals surface area contributed by atoms with Gasteiger partial charge in [0, 0.05) is 36.0 Å². The third-order valence-electron chi connectivity index (χ3n) is 2.85. The van der Waals surface area contributed by atoms with E-state index in [1.165, 1.54) is 6.33 Å². The molecule has 1 rings (SSSR count). The molecule has 0 aliphatic carbocycles. The van der Waals surface area contributed by atoms with Crippen LogP contribution in [-0.4, -0.2) is 71.1 Å². The summed E-state index contributed by atoms with van der Waals surface area (Å²) in [5.74, 6) is -1.75. The number of carboxylic acid groups (broad SMARTS) is 1. The van der Waals surface area contributed by atoms with Crippen molar-refractivity contribution in [2.24, 2.45) is 11.5 Å². The van der Waals surface area contributed by atoms with Crippen LogP contribution in [0.1, 0.15) is 19.5 Å². The number of hydrogen-bond donors (Lipinski definition) is 4. The zero-order chi connectivity index (χ0) is 22.3. The number of likely N-dealkylation sites (N-methyl/N-ethyl adjacent to an activating group) is 1. The molecule has 1 unspecified atom stereocenters. The number of carbonyl (C=O) groups excluding carboxylic acids is 2. The van der Waals surface area contributed by atoms with Gasteiger partial charge in [-0.3, -0.25) is 9.59 Å². The van der Waals surface area contributed by atoms with Crippen LogP contribution in [0.3, 0.4) is 0 Å². The van der Waals surface area contributed by atoms with Gasteiger partial charge in [0.2, 0.25) is 5.91 Å². The van der Waals surface area contributed by atoms with Crippen LogP contribution >= 0.6 is 0 Å². The minimum Gasteiger partial charge on any atom is -0.480 e. The Morgan fingerprint density at radius 1 is 1.29 bits per heavy atom. The Bertz CT molecular complexity index is 629. The Hall–Kier alpha value is -2.98. The lowest BCUT2D eigenvalue weighted by molar-refractivity contribution is -0.139. The Morgan fingerprint density at radius 3 is 2.14 bits per heavy atom. The number of aromatic amines is 1. The number of nitrogens with zero attached hydrogens (tertiary/aromatic N) is 2. The molecule has 10 heteroatoms. The highest BCUT2D eigenvalue weighted by Gasteiger charge is 2.12. The van der Waals surface area contributed by atoms with Crippen molar-refractivity contribution >= 4 is 17.8 Å². The summed E-state index contributed by atoms with van der Waals surface area (Å²) < 4.78 is 4.83. The fourth-order valence-electron chi connectivity index (χ4n) is 1.16. The van der Waals surface area contributed by atoms with Gasteiger partial charge in [-0.2, -0.15) is 0 Å². The molecule has 1 amide bonds. The number of nitrogens with one attached hydrogen (secondary N) is 1. The van der Waals surface area contributed by atoms with E-state index < -0.39 is 17.9 Å². The van der Waals surface area contributed by atoms with Crippen LogP contribution in [0.25, 0.3) is 0 Å². The molecule has 158 valence electrons.